The predicted octanol–water partition coefficient (Wildman–Crippen LogP) is 5.86. The maximum atomic E-state index is 13.3. The van der Waals surface area contributed by atoms with E-state index in [0.29, 0.717) is 27.7 Å². The largest absolute Gasteiger partial charge is 0.494 e. The SMILES string of the molecule is Cc1ccc(-n2c(O)c(C=Nc3ccc(F)cc3Cl)c3ccccc3c2=O)c(C)c1. The standard InChI is InChI=1S/C24H18ClFN2O2/c1-14-7-10-22(15(2)11-14)28-23(29)18-6-4-3-5-17(18)19(24(28)30)13-27-21-9-8-16(26)12-20(21)25/h3-13,30H,1-2H3. The third kappa shape index (κ3) is 3.48. The second-order valence-electron chi connectivity index (χ2n) is 7.07. The first-order valence-electron chi connectivity index (χ1n) is 9.30. The molecule has 0 unspecified atom stereocenters. The maximum Gasteiger partial charge on any atom is 0.265 e. The van der Waals surface area contributed by atoms with Crippen LogP contribution in [0.4, 0.5) is 10.1 Å². The van der Waals surface area contributed by atoms with Gasteiger partial charge in [0, 0.05) is 17.0 Å². The molecule has 0 spiro atoms. The molecule has 150 valence electrons. The van der Waals surface area contributed by atoms with E-state index in [1.807, 2.05) is 26.0 Å². The van der Waals surface area contributed by atoms with Crippen LogP contribution >= 0.6 is 11.6 Å². The smallest absolute Gasteiger partial charge is 0.265 e. The van der Waals surface area contributed by atoms with Crippen molar-refractivity contribution in [2.24, 2.45) is 4.99 Å². The number of aliphatic imine (C=N–C) groups is 1. The number of nitrogens with zero attached hydrogens (tertiary/aromatic N) is 2. The number of pyridine rings is 1. The molecular weight excluding hydrogens is 403 g/mol. The van der Waals surface area contributed by atoms with Gasteiger partial charge in [-0.15, -0.1) is 0 Å². The zero-order valence-corrected chi connectivity index (χ0v) is 17.1. The lowest BCUT2D eigenvalue weighted by Crippen LogP contribution is -2.21. The van der Waals surface area contributed by atoms with E-state index >= 15 is 0 Å². The highest BCUT2D eigenvalue weighted by molar-refractivity contribution is 6.33. The van der Waals surface area contributed by atoms with Crippen LogP contribution in [-0.4, -0.2) is 15.9 Å². The highest BCUT2D eigenvalue weighted by Crippen LogP contribution is 2.30. The first kappa shape index (κ1) is 19.9. The molecule has 1 N–H and O–H groups in total. The molecule has 0 fully saturated rings. The summed E-state index contributed by atoms with van der Waals surface area (Å²) in [5, 5.41) is 12.2. The summed E-state index contributed by atoms with van der Waals surface area (Å²) in [6.45, 7) is 3.85. The molecule has 0 aliphatic carbocycles. The fraction of sp³-hybridized carbons (Fsp3) is 0.0833. The summed E-state index contributed by atoms with van der Waals surface area (Å²) in [6.07, 6.45) is 1.44. The second kappa shape index (κ2) is 7.76. The molecule has 0 saturated heterocycles. The molecule has 3 aromatic carbocycles. The zero-order valence-electron chi connectivity index (χ0n) is 16.4. The van der Waals surface area contributed by atoms with Gasteiger partial charge in [-0.05, 0) is 49.7 Å². The van der Waals surface area contributed by atoms with Gasteiger partial charge >= 0.3 is 0 Å². The van der Waals surface area contributed by atoms with Gasteiger partial charge in [-0.1, -0.05) is 47.5 Å². The lowest BCUT2D eigenvalue weighted by molar-refractivity contribution is 0.436. The molecule has 30 heavy (non-hydrogen) atoms. The third-order valence-electron chi connectivity index (χ3n) is 4.94. The minimum absolute atomic E-state index is 0.151. The molecule has 0 amide bonds. The van der Waals surface area contributed by atoms with Crippen molar-refractivity contribution in [1.29, 1.82) is 0 Å². The van der Waals surface area contributed by atoms with Crippen molar-refractivity contribution in [2.45, 2.75) is 13.8 Å². The highest BCUT2D eigenvalue weighted by atomic mass is 35.5. The van der Waals surface area contributed by atoms with Gasteiger partial charge in [0.05, 0.1) is 22.0 Å². The highest BCUT2D eigenvalue weighted by Gasteiger charge is 2.17. The minimum Gasteiger partial charge on any atom is -0.494 e. The minimum atomic E-state index is -0.462. The van der Waals surface area contributed by atoms with Crippen LogP contribution in [0, 0.1) is 19.7 Å². The summed E-state index contributed by atoms with van der Waals surface area (Å²) in [7, 11) is 0. The number of rotatable bonds is 3. The molecule has 0 aliphatic rings. The zero-order chi connectivity index (χ0) is 21.4. The number of fused-ring (bicyclic) bond motifs is 1. The normalized spacial score (nSPS) is 11.5. The molecule has 0 saturated carbocycles. The number of aromatic nitrogens is 1. The number of halogens is 2. The molecule has 4 nitrogen and oxygen atoms in total. The lowest BCUT2D eigenvalue weighted by Gasteiger charge is -2.16. The molecule has 6 heteroatoms. The van der Waals surface area contributed by atoms with Crippen LogP contribution < -0.4 is 5.56 Å². The van der Waals surface area contributed by atoms with Crippen LogP contribution in [0.3, 0.4) is 0 Å². The van der Waals surface area contributed by atoms with Crippen LogP contribution in [0.15, 0.2) is 70.5 Å². The number of aromatic hydroxyl groups is 1. The van der Waals surface area contributed by atoms with E-state index in [9.17, 15) is 14.3 Å². The summed E-state index contributed by atoms with van der Waals surface area (Å²) in [5.74, 6) is -0.691. The van der Waals surface area contributed by atoms with Crippen molar-refractivity contribution >= 4 is 34.3 Å². The lowest BCUT2D eigenvalue weighted by atomic mass is 10.1. The van der Waals surface area contributed by atoms with E-state index < -0.39 is 5.82 Å². The first-order chi connectivity index (χ1) is 14.4. The third-order valence-corrected chi connectivity index (χ3v) is 5.24. The summed E-state index contributed by atoms with van der Waals surface area (Å²) >= 11 is 6.07. The van der Waals surface area contributed by atoms with Crippen molar-refractivity contribution in [3.8, 4) is 11.6 Å². The Hall–Kier alpha value is -3.44. The van der Waals surface area contributed by atoms with Crippen LogP contribution in [-0.2, 0) is 0 Å². The number of benzene rings is 3. The van der Waals surface area contributed by atoms with E-state index in [0.717, 1.165) is 11.1 Å². The van der Waals surface area contributed by atoms with Gasteiger partial charge in [0.25, 0.3) is 5.56 Å². The summed E-state index contributed by atoms with van der Waals surface area (Å²) < 4.78 is 14.6. The van der Waals surface area contributed by atoms with Gasteiger partial charge in [0.15, 0.2) is 0 Å². The fourth-order valence-electron chi connectivity index (χ4n) is 3.49. The van der Waals surface area contributed by atoms with E-state index in [-0.39, 0.29) is 16.5 Å². The Bertz CT molecular complexity index is 1380. The topological polar surface area (TPSA) is 54.6 Å². The van der Waals surface area contributed by atoms with E-state index in [4.69, 9.17) is 11.6 Å². The van der Waals surface area contributed by atoms with Crippen molar-refractivity contribution in [1.82, 2.24) is 4.57 Å². The Kier molecular flexibility index (Phi) is 5.14. The first-order valence-corrected chi connectivity index (χ1v) is 9.68. The fourth-order valence-corrected chi connectivity index (χ4v) is 3.71. The molecule has 1 heterocycles. The van der Waals surface area contributed by atoms with Gasteiger partial charge < -0.3 is 5.11 Å². The molecule has 0 atom stereocenters. The predicted molar refractivity (Wildman–Crippen MR) is 119 cm³/mol. The molecule has 0 bridgehead atoms. The summed E-state index contributed by atoms with van der Waals surface area (Å²) in [4.78, 5) is 17.5. The second-order valence-corrected chi connectivity index (χ2v) is 7.47. The average molecular weight is 421 g/mol. The number of hydrogen-bond donors (Lipinski definition) is 1. The molecule has 1 aromatic heterocycles. The molecule has 4 rings (SSSR count). The van der Waals surface area contributed by atoms with Gasteiger partial charge in [0.2, 0.25) is 5.88 Å². The summed E-state index contributed by atoms with van der Waals surface area (Å²) in [5.41, 5.74) is 2.89. The van der Waals surface area contributed by atoms with E-state index in [1.54, 1.807) is 30.3 Å². The molecule has 4 aromatic rings. The quantitative estimate of drug-likeness (QED) is 0.422. The Labute approximate surface area is 177 Å². The van der Waals surface area contributed by atoms with Crippen molar-refractivity contribution in [2.75, 3.05) is 0 Å². The van der Waals surface area contributed by atoms with Gasteiger partial charge in [-0.25, -0.2) is 8.96 Å². The molecule has 0 aliphatic heterocycles. The maximum absolute atomic E-state index is 13.3. The molecule has 0 radical (unpaired) electrons. The Morgan fingerprint density at radius 2 is 1.77 bits per heavy atom. The van der Waals surface area contributed by atoms with Crippen molar-refractivity contribution in [3.63, 3.8) is 0 Å². The van der Waals surface area contributed by atoms with Gasteiger partial charge in [-0.2, -0.15) is 0 Å². The molecular formula is C24H18ClFN2O2. The van der Waals surface area contributed by atoms with Gasteiger partial charge in [0.1, 0.15) is 5.82 Å². The van der Waals surface area contributed by atoms with Crippen LogP contribution in [0.1, 0.15) is 16.7 Å². The average Bonchev–Trinajstić information content (AvgIpc) is 2.71. The van der Waals surface area contributed by atoms with E-state index in [1.165, 1.54) is 29.0 Å². The van der Waals surface area contributed by atoms with Crippen LogP contribution in [0.5, 0.6) is 5.88 Å². The van der Waals surface area contributed by atoms with E-state index in [2.05, 4.69) is 4.99 Å². The van der Waals surface area contributed by atoms with Crippen LogP contribution in [0.2, 0.25) is 5.02 Å². The monoisotopic (exact) mass is 420 g/mol. The van der Waals surface area contributed by atoms with Crippen molar-refractivity contribution < 1.29 is 9.50 Å². The van der Waals surface area contributed by atoms with Crippen molar-refractivity contribution in [3.05, 3.63) is 98.5 Å². The Balaban J connectivity index is 2.00. The Morgan fingerprint density at radius 1 is 1.03 bits per heavy atom. The van der Waals surface area contributed by atoms with Gasteiger partial charge in [-0.3, -0.25) is 9.79 Å². The number of aryl methyl sites for hydroxylation is 2. The van der Waals surface area contributed by atoms with Crippen LogP contribution in [0.25, 0.3) is 16.5 Å². The number of hydrogen-bond acceptors (Lipinski definition) is 3. The summed E-state index contributed by atoms with van der Waals surface area (Å²) in [6, 6.07) is 16.5. The Morgan fingerprint density at radius 3 is 2.47 bits per heavy atom.